The minimum Gasteiger partial charge on any atom is -0.493 e. The topological polar surface area (TPSA) is 73.9 Å². The lowest BCUT2D eigenvalue weighted by molar-refractivity contribution is -0.138. The number of dihydropyridines is 1. The summed E-state index contributed by atoms with van der Waals surface area (Å²) in [5, 5.41) is 5.40. The third kappa shape index (κ3) is 5.49. The number of ether oxygens (including phenoxy) is 3. The number of rotatable bonds is 10. The number of ketones is 1. The molecule has 2 heterocycles. The maximum Gasteiger partial charge on any atom is 0.336 e. The molecule has 8 heteroatoms. The highest BCUT2D eigenvalue weighted by molar-refractivity contribution is 7.99. The van der Waals surface area contributed by atoms with Crippen LogP contribution >= 0.6 is 23.1 Å². The van der Waals surface area contributed by atoms with Crippen molar-refractivity contribution in [1.82, 2.24) is 5.32 Å². The number of carbonyl (C=O) groups is 2. The molecule has 0 saturated heterocycles. The van der Waals surface area contributed by atoms with Gasteiger partial charge in [0, 0.05) is 34.0 Å². The number of hydrogen-bond donors (Lipinski definition) is 1. The van der Waals surface area contributed by atoms with Crippen LogP contribution in [0.4, 0.5) is 0 Å². The van der Waals surface area contributed by atoms with E-state index in [1.54, 1.807) is 30.2 Å². The molecule has 2 atom stereocenters. The summed E-state index contributed by atoms with van der Waals surface area (Å²) in [6, 6.07) is 9.84. The molecule has 0 fully saturated rings. The molecule has 0 amide bonds. The first-order chi connectivity index (χ1) is 17.5. The van der Waals surface area contributed by atoms with Gasteiger partial charge in [0.2, 0.25) is 0 Å². The molecule has 0 saturated carbocycles. The molecule has 0 bridgehead atoms. The monoisotopic (exact) mass is 527 g/mol. The molecule has 1 aliphatic carbocycles. The molecule has 0 spiro atoms. The summed E-state index contributed by atoms with van der Waals surface area (Å²) >= 11 is 3.29. The predicted octanol–water partition coefficient (Wildman–Crippen LogP) is 5.81. The highest BCUT2D eigenvalue weighted by atomic mass is 32.2. The van der Waals surface area contributed by atoms with Gasteiger partial charge in [0.1, 0.15) is 6.61 Å². The standard InChI is InChI=1S/C28H33NO5S2/c1-5-33-22-10-9-18(16-23(22)32-4)19-14-20-26(21(30)15-19)27(24-8-7-12-36-24)25(17(3)29-20)28(31)34-11-13-35-6-2/h7-10,12,16,19,27,29H,5-6,11,13-15H2,1-4H3/t19-,27+/m1/s1. The molecule has 2 aromatic rings. The normalized spacial score (nSPS) is 19.6. The van der Waals surface area contributed by atoms with Crippen molar-refractivity contribution in [3.8, 4) is 11.5 Å². The average molecular weight is 528 g/mol. The van der Waals surface area contributed by atoms with Crippen molar-refractivity contribution in [3.05, 3.63) is 68.7 Å². The number of esters is 1. The summed E-state index contributed by atoms with van der Waals surface area (Å²) in [5.74, 6) is 2.39. The third-order valence-electron chi connectivity index (χ3n) is 6.50. The van der Waals surface area contributed by atoms with E-state index >= 15 is 0 Å². The van der Waals surface area contributed by atoms with E-state index in [1.165, 1.54) is 0 Å². The number of thioether (sulfide) groups is 1. The number of Topliss-reactive ketones (excluding diaryl/α,β-unsaturated/α-hetero) is 1. The number of allylic oxidation sites excluding steroid dienone is 3. The van der Waals surface area contributed by atoms with E-state index < -0.39 is 5.92 Å². The van der Waals surface area contributed by atoms with Gasteiger partial charge in [0.25, 0.3) is 0 Å². The van der Waals surface area contributed by atoms with Crippen LogP contribution in [0.1, 0.15) is 55.9 Å². The number of thiophene rings is 1. The van der Waals surface area contributed by atoms with Gasteiger partial charge in [-0.25, -0.2) is 4.79 Å². The number of carbonyl (C=O) groups excluding carboxylic acids is 2. The lowest BCUT2D eigenvalue weighted by atomic mass is 9.73. The van der Waals surface area contributed by atoms with Crippen LogP contribution in [0.5, 0.6) is 11.5 Å². The van der Waals surface area contributed by atoms with Gasteiger partial charge in [0.15, 0.2) is 17.3 Å². The van der Waals surface area contributed by atoms with Crippen molar-refractivity contribution in [2.24, 2.45) is 0 Å². The zero-order valence-electron chi connectivity index (χ0n) is 21.2. The maximum atomic E-state index is 13.7. The first kappa shape index (κ1) is 26.4. The van der Waals surface area contributed by atoms with E-state index in [0.29, 0.717) is 48.7 Å². The smallest absolute Gasteiger partial charge is 0.336 e. The molecule has 4 rings (SSSR count). The van der Waals surface area contributed by atoms with Crippen molar-refractivity contribution < 1.29 is 23.8 Å². The summed E-state index contributed by atoms with van der Waals surface area (Å²) in [7, 11) is 1.62. The van der Waals surface area contributed by atoms with Crippen molar-refractivity contribution >= 4 is 34.9 Å². The van der Waals surface area contributed by atoms with Crippen molar-refractivity contribution in [1.29, 1.82) is 0 Å². The maximum absolute atomic E-state index is 13.7. The SMILES string of the molecule is CCOc1ccc([C@H]2CC(=O)C3=C(C2)NC(C)=C(C(=O)OCCSCC)[C@@H]3c2cccs2)cc1OC. The summed E-state index contributed by atoms with van der Waals surface area (Å²) < 4.78 is 16.8. The molecular weight excluding hydrogens is 494 g/mol. The van der Waals surface area contributed by atoms with E-state index in [9.17, 15) is 9.59 Å². The van der Waals surface area contributed by atoms with Crippen LogP contribution in [0.2, 0.25) is 0 Å². The van der Waals surface area contributed by atoms with Crippen LogP contribution in [0.25, 0.3) is 0 Å². The zero-order valence-corrected chi connectivity index (χ0v) is 22.9. The van der Waals surface area contributed by atoms with Crippen molar-refractivity contribution in [3.63, 3.8) is 0 Å². The van der Waals surface area contributed by atoms with Gasteiger partial charge in [-0.3, -0.25) is 4.79 Å². The lowest BCUT2D eigenvalue weighted by Gasteiger charge is -2.36. The molecule has 36 heavy (non-hydrogen) atoms. The summed E-state index contributed by atoms with van der Waals surface area (Å²) in [6.07, 6.45) is 1.04. The van der Waals surface area contributed by atoms with Gasteiger partial charge in [-0.15, -0.1) is 11.3 Å². The molecule has 1 aliphatic heterocycles. The van der Waals surface area contributed by atoms with Gasteiger partial charge in [-0.05, 0) is 61.1 Å². The van der Waals surface area contributed by atoms with E-state index in [1.807, 2.05) is 49.6 Å². The molecule has 0 radical (unpaired) electrons. The fraction of sp³-hybridized carbons (Fsp3) is 0.429. The van der Waals surface area contributed by atoms with Crippen LogP contribution in [0.3, 0.4) is 0 Å². The Hall–Kier alpha value is -2.71. The van der Waals surface area contributed by atoms with E-state index in [4.69, 9.17) is 14.2 Å². The summed E-state index contributed by atoms with van der Waals surface area (Å²) in [5.41, 5.74) is 3.89. The van der Waals surface area contributed by atoms with Gasteiger partial charge in [0.05, 0.1) is 25.2 Å². The number of nitrogens with one attached hydrogen (secondary N) is 1. The molecule has 1 aromatic heterocycles. The Balaban J connectivity index is 1.65. The molecule has 0 unspecified atom stereocenters. The van der Waals surface area contributed by atoms with E-state index in [2.05, 4.69) is 12.2 Å². The Morgan fingerprint density at radius 1 is 1.19 bits per heavy atom. The number of hydrogen-bond acceptors (Lipinski definition) is 8. The fourth-order valence-electron chi connectivity index (χ4n) is 4.91. The minimum absolute atomic E-state index is 0.00434. The highest BCUT2D eigenvalue weighted by Crippen LogP contribution is 2.47. The molecule has 6 nitrogen and oxygen atoms in total. The number of benzene rings is 1. The van der Waals surface area contributed by atoms with Gasteiger partial charge in [-0.2, -0.15) is 11.8 Å². The van der Waals surface area contributed by atoms with Crippen LogP contribution in [0.15, 0.2) is 58.3 Å². The Bertz CT molecular complexity index is 1170. The molecule has 192 valence electrons. The Labute approximate surface area is 221 Å². The van der Waals surface area contributed by atoms with Crippen LogP contribution in [-0.2, 0) is 14.3 Å². The first-order valence-corrected chi connectivity index (χ1v) is 14.3. The van der Waals surface area contributed by atoms with Gasteiger partial charge in [-0.1, -0.05) is 19.1 Å². The summed E-state index contributed by atoms with van der Waals surface area (Å²) in [4.78, 5) is 27.9. The minimum atomic E-state index is -0.407. The molecule has 1 N–H and O–H groups in total. The van der Waals surface area contributed by atoms with Gasteiger partial charge < -0.3 is 19.5 Å². The van der Waals surface area contributed by atoms with Crippen LogP contribution < -0.4 is 14.8 Å². The quantitative estimate of drug-likeness (QED) is 0.309. The van der Waals surface area contributed by atoms with E-state index in [-0.39, 0.29) is 17.7 Å². The van der Waals surface area contributed by atoms with Gasteiger partial charge >= 0.3 is 5.97 Å². The van der Waals surface area contributed by atoms with Crippen LogP contribution in [-0.4, -0.2) is 43.6 Å². The molecular formula is C28H33NO5S2. The summed E-state index contributed by atoms with van der Waals surface area (Å²) in [6.45, 7) is 6.82. The molecule has 2 aliphatic rings. The van der Waals surface area contributed by atoms with Crippen LogP contribution in [0, 0.1) is 0 Å². The Kier molecular flexibility index (Phi) is 8.80. The second-order valence-corrected chi connectivity index (χ2v) is 11.1. The van der Waals surface area contributed by atoms with Crippen molar-refractivity contribution in [2.45, 2.75) is 45.4 Å². The third-order valence-corrected chi connectivity index (χ3v) is 8.30. The second kappa shape index (κ2) is 12.0. The molecule has 1 aromatic carbocycles. The van der Waals surface area contributed by atoms with Crippen molar-refractivity contribution in [2.75, 3.05) is 31.8 Å². The lowest BCUT2D eigenvalue weighted by Crippen LogP contribution is -2.36. The highest BCUT2D eigenvalue weighted by Gasteiger charge is 2.42. The average Bonchev–Trinajstić information content (AvgIpc) is 3.40. The number of methoxy groups -OCH3 is 1. The fourth-order valence-corrected chi connectivity index (χ4v) is 6.25. The predicted molar refractivity (Wildman–Crippen MR) is 145 cm³/mol. The zero-order chi connectivity index (χ0) is 25.7. The second-order valence-electron chi connectivity index (χ2n) is 8.71. The van der Waals surface area contributed by atoms with E-state index in [0.717, 1.165) is 33.3 Å². The largest absolute Gasteiger partial charge is 0.493 e. The first-order valence-electron chi connectivity index (χ1n) is 12.3. The Morgan fingerprint density at radius 3 is 2.72 bits per heavy atom. The Morgan fingerprint density at radius 2 is 2.03 bits per heavy atom.